The Labute approximate surface area is 192 Å². The molecule has 1 N–H and O–H groups in total. The van der Waals surface area contributed by atoms with E-state index in [2.05, 4.69) is 49.4 Å². The van der Waals surface area contributed by atoms with E-state index in [1.807, 2.05) is 36.4 Å². The predicted molar refractivity (Wildman–Crippen MR) is 128 cm³/mol. The van der Waals surface area contributed by atoms with Crippen LogP contribution in [0.5, 0.6) is 0 Å². The Morgan fingerprint density at radius 3 is 2.03 bits per heavy atom. The maximum Gasteiger partial charge on any atom is 0.229 e. The van der Waals surface area contributed by atoms with Crippen molar-refractivity contribution in [2.24, 2.45) is 5.92 Å². The molecule has 0 aliphatic carbocycles. The van der Waals surface area contributed by atoms with Crippen LogP contribution in [-0.4, -0.2) is 54.5 Å². The molecule has 2 aromatic carbocycles. The molecule has 0 radical (unpaired) electrons. The average molecular weight is 443 g/mol. The number of benzene rings is 2. The van der Waals surface area contributed by atoms with Crippen molar-refractivity contribution in [3.8, 4) is 0 Å². The van der Waals surface area contributed by atoms with Crippen LogP contribution >= 0.6 is 0 Å². The maximum atomic E-state index is 12.7. The van der Waals surface area contributed by atoms with Crippen LogP contribution in [0.2, 0.25) is 0 Å². The molecule has 2 fully saturated rings. The number of rotatable bonds is 5. The van der Waals surface area contributed by atoms with Crippen molar-refractivity contribution in [3.05, 3.63) is 73.1 Å². The van der Waals surface area contributed by atoms with Gasteiger partial charge in [-0.2, -0.15) is 0 Å². The summed E-state index contributed by atoms with van der Waals surface area (Å²) < 4.78 is 0. The summed E-state index contributed by atoms with van der Waals surface area (Å²) >= 11 is 0. The summed E-state index contributed by atoms with van der Waals surface area (Å²) in [4.78, 5) is 40.2. The van der Waals surface area contributed by atoms with Crippen LogP contribution in [0.3, 0.4) is 0 Å². The Morgan fingerprint density at radius 2 is 1.39 bits per heavy atom. The lowest BCUT2D eigenvalue weighted by molar-refractivity contribution is -0.122. The number of aromatic nitrogens is 2. The molecule has 168 valence electrons. The van der Waals surface area contributed by atoms with Crippen molar-refractivity contribution in [2.75, 3.05) is 52.7 Å². The highest BCUT2D eigenvalue weighted by molar-refractivity contribution is 6.03. The van der Waals surface area contributed by atoms with Crippen LogP contribution in [0, 0.1) is 5.92 Å². The van der Waals surface area contributed by atoms with Gasteiger partial charge in [0, 0.05) is 50.5 Å². The molecule has 1 unspecified atom stereocenters. The molecular formula is C25H26N6O2. The number of carbonyl (C=O) groups excluding carboxylic acids is 2. The quantitative estimate of drug-likeness (QED) is 0.655. The molecule has 3 aromatic rings. The molecule has 5 rings (SSSR count). The van der Waals surface area contributed by atoms with Gasteiger partial charge in [0.25, 0.3) is 0 Å². The second-order valence-electron chi connectivity index (χ2n) is 8.31. The predicted octanol–water partition coefficient (Wildman–Crippen LogP) is 2.79. The zero-order valence-electron chi connectivity index (χ0n) is 18.3. The van der Waals surface area contributed by atoms with Gasteiger partial charge in [-0.25, -0.2) is 9.97 Å². The molecule has 2 aliphatic heterocycles. The van der Waals surface area contributed by atoms with Crippen molar-refractivity contribution in [3.63, 3.8) is 0 Å². The lowest BCUT2D eigenvalue weighted by atomic mass is 10.1. The largest absolute Gasteiger partial charge is 0.368 e. The fourth-order valence-corrected chi connectivity index (χ4v) is 4.34. The summed E-state index contributed by atoms with van der Waals surface area (Å²) in [5, 5.41) is 2.87. The molecular weight excluding hydrogens is 416 g/mol. The van der Waals surface area contributed by atoms with E-state index in [1.165, 1.54) is 5.69 Å². The molecule has 0 saturated carbocycles. The van der Waals surface area contributed by atoms with Gasteiger partial charge in [-0.3, -0.25) is 9.59 Å². The summed E-state index contributed by atoms with van der Waals surface area (Å²) in [7, 11) is 0. The first-order chi connectivity index (χ1) is 16.2. The van der Waals surface area contributed by atoms with E-state index >= 15 is 0 Å². The Hall–Kier alpha value is -3.94. The summed E-state index contributed by atoms with van der Waals surface area (Å²) in [6.45, 7) is 3.85. The molecule has 1 aromatic heterocycles. The number of hydrogen-bond donors (Lipinski definition) is 1. The lowest BCUT2D eigenvalue weighted by Crippen LogP contribution is -2.47. The Balaban J connectivity index is 1.15. The first-order valence-corrected chi connectivity index (χ1v) is 11.2. The molecule has 33 heavy (non-hydrogen) atoms. The third kappa shape index (κ3) is 4.64. The van der Waals surface area contributed by atoms with E-state index in [1.54, 1.807) is 17.3 Å². The summed E-state index contributed by atoms with van der Waals surface area (Å²) in [5.74, 6) is 0.0349. The van der Waals surface area contributed by atoms with Crippen LogP contribution in [-0.2, 0) is 9.59 Å². The van der Waals surface area contributed by atoms with Gasteiger partial charge in [0.1, 0.15) is 0 Å². The van der Waals surface area contributed by atoms with E-state index < -0.39 is 5.92 Å². The number of para-hydroxylation sites is 2. The minimum Gasteiger partial charge on any atom is -0.368 e. The van der Waals surface area contributed by atoms with E-state index in [0.717, 1.165) is 31.9 Å². The van der Waals surface area contributed by atoms with Gasteiger partial charge >= 0.3 is 0 Å². The van der Waals surface area contributed by atoms with E-state index in [9.17, 15) is 9.59 Å². The van der Waals surface area contributed by atoms with Gasteiger partial charge in [0.15, 0.2) is 0 Å². The van der Waals surface area contributed by atoms with Gasteiger partial charge in [0.05, 0.1) is 24.0 Å². The van der Waals surface area contributed by atoms with Gasteiger partial charge in [0.2, 0.25) is 17.8 Å². The number of nitrogens with zero attached hydrogens (tertiary/aromatic N) is 5. The monoisotopic (exact) mass is 442 g/mol. The van der Waals surface area contributed by atoms with Gasteiger partial charge in [-0.15, -0.1) is 0 Å². The van der Waals surface area contributed by atoms with E-state index in [4.69, 9.17) is 0 Å². The van der Waals surface area contributed by atoms with Crippen molar-refractivity contribution in [1.29, 1.82) is 0 Å². The zero-order valence-corrected chi connectivity index (χ0v) is 18.3. The van der Waals surface area contributed by atoms with Crippen LogP contribution in [0.25, 0.3) is 0 Å². The summed E-state index contributed by atoms with van der Waals surface area (Å²) in [6, 6.07) is 19.8. The molecule has 2 aliphatic rings. The van der Waals surface area contributed by atoms with Gasteiger partial charge in [-0.05, 0) is 24.3 Å². The fraction of sp³-hybridized carbons (Fsp3) is 0.280. The SMILES string of the molecule is O=C(Nc1cnc(N2CCN(c3ccccc3)CC2)nc1)C1CC(=O)N(c2ccccc2)C1. The molecule has 0 bridgehead atoms. The normalized spacial score (nSPS) is 18.5. The molecule has 8 heteroatoms. The summed E-state index contributed by atoms with van der Waals surface area (Å²) in [6.07, 6.45) is 3.47. The molecule has 2 amide bonds. The van der Waals surface area contributed by atoms with Gasteiger partial charge in [-0.1, -0.05) is 36.4 Å². The average Bonchev–Trinajstić information content (AvgIpc) is 3.27. The standard InChI is InChI=1S/C25H26N6O2/c32-23-15-19(18-31(23)22-9-5-2-6-10-22)24(33)28-20-16-26-25(27-17-20)30-13-11-29(12-14-30)21-7-3-1-4-8-21/h1-10,16-17,19H,11-15,18H2,(H,28,33). The minimum absolute atomic E-state index is 0.0393. The van der Waals surface area contributed by atoms with Crippen molar-refractivity contribution >= 4 is 34.8 Å². The first-order valence-electron chi connectivity index (χ1n) is 11.2. The molecule has 2 saturated heterocycles. The van der Waals surface area contributed by atoms with Crippen molar-refractivity contribution in [1.82, 2.24) is 9.97 Å². The first kappa shape index (κ1) is 20.9. The number of piperazine rings is 1. The van der Waals surface area contributed by atoms with Crippen LogP contribution < -0.4 is 20.0 Å². The highest BCUT2D eigenvalue weighted by atomic mass is 16.2. The number of amides is 2. The number of carbonyl (C=O) groups is 2. The van der Waals surface area contributed by atoms with Crippen LogP contribution in [0.4, 0.5) is 23.0 Å². The minimum atomic E-state index is -0.400. The van der Waals surface area contributed by atoms with Crippen LogP contribution in [0.1, 0.15) is 6.42 Å². The Morgan fingerprint density at radius 1 is 0.818 bits per heavy atom. The highest BCUT2D eigenvalue weighted by Gasteiger charge is 2.35. The maximum absolute atomic E-state index is 12.7. The third-order valence-corrected chi connectivity index (χ3v) is 6.15. The van der Waals surface area contributed by atoms with Crippen molar-refractivity contribution < 1.29 is 9.59 Å². The van der Waals surface area contributed by atoms with Crippen LogP contribution in [0.15, 0.2) is 73.1 Å². The number of anilines is 4. The lowest BCUT2D eigenvalue weighted by Gasteiger charge is -2.36. The van der Waals surface area contributed by atoms with Crippen molar-refractivity contribution in [2.45, 2.75) is 6.42 Å². The Kier molecular flexibility index (Phi) is 5.89. The second kappa shape index (κ2) is 9.28. The van der Waals surface area contributed by atoms with E-state index in [0.29, 0.717) is 18.2 Å². The summed E-state index contributed by atoms with van der Waals surface area (Å²) in [5.41, 5.74) is 2.59. The topological polar surface area (TPSA) is 81.7 Å². The Bertz CT molecular complexity index is 1100. The number of nitrogens with one attached hydrogen (secondary N) is 1. The molecule has 8 nitrogen and oxygen atoms in total. The molecule has 0 spiro atoms. The molecule has 3 heterocycles. The molecule has 1 atom stereocenters. The fourth-order valence-electron chi connectivity index (χ4n) is 4.34. The second-order valence-corrected chi connectivity index (χ2v) is 8.31. The zero-order chi connectivity index (χ0) is 22.6. The number of hydrogen-bond acceptors (Lipinski definition) is 6. The highest BCUT2D eigenvalue weighted by Crippen LogP contribution is 2.26. The van der Waals surface area contributed by atoms with E-state index in [-0.39, 0.29) is 18.2 Å². The smallest absolute Gasteiger partial charge is 0.229 e. The van der Waals surface area contributed by atoms with Gasteiger partial charge < -0.3 is 20.0 Å². The third-order valence-electron chi connectivity index (χ3n) is 6.15.